The van der Waals surface area contributed by atoms with Gasteiger partial charge in [0.15, 0.2) is 0 Å². The van der Waals surface area contributed by atoms with E-state index in [4.69, 9.17) is 27.9 Å². The Morgan fingerprint density at radius 1 is 1.20 bits per heavy atom. The maximum Gasteiger partial charge on any atom is 0.124 e. The Morgan fingerprint density at radius 3 is 2.80 bits per heavy atom. The molecular weight excluding hydrogens is 295 g/mol. The van der Waals surface area contributed by atoms with Crippen LogP contribution in [0.4, 0.5) is 0 Å². The van der Waals surface area contributed by atoms with Crippen molar-refractivity contribution in [3.8, 4) is 5.75 Å². The van der Waals surface area contributed by atoms with Crippen LogP contribution in [0.3, 0.4) is 0 Å². The summed E-state index contributed by atoms with van der Waals surface area (Å²) < 4.78 is 5.85. The smallest absolute Gasteiger partial charge is 0.124 e. The molecular formula is C15H16Cl2N2O. The molecule has 0 saturated heterocycles. The summed E-state index contributed by atoms with van der Waals surface area (Å²) in [4.78, 5) is 3.95. The van der Waals surface area contributed by atoms with Crippen molar-refractivity contribution >= 4 is 23.2 Å². The van der Waals surface area contributed by atoms with E-state index < -0.39 is 0 Å². The Labute approximate surface area is 128 Å². The number of hydrogen-bond acceptors (Lipinski definition) is 3. The molecule has 2 rings (SSSR count). The van der Waals surface area contributed by atoms with Crippen molar-refractivity contribution in [1.82, 2.24) is 10.3 Å². The molecule has 0 spiro atoms. The van der Waals surface area contributed by atoms with Crippen LogP contribution in [0.25, 0.3) is 0 Å². The summed E-state index contributed by atoms with van der Waals surface area (Å²) in [5.41, 5.74) is 1.94. The lowest BCUT2D eigenvalue weighted by Gasteiger charge is -2.13. The number of ether oxygens (including phenoxy) is 1. The number of aromatic nitrogens is 1. The number of halogens is 2. The molecule has 3 nitrogen and oxygen atoms in total. The zero-order valence-electron chi connectivity index (χ0n) is 11.2. The number of pyridine rings is 1. The van der Waals surface area contributed by atoms with E-state index in [9.17, 15) is 0 Å². The van der Waals surface area contributed by atoms with Gasteiger partial charge in [0.25, 0.3) is 0 Å². The molecule has 106 valence electrons. The minimum Gasteiger partial charge on any atom is -0.489 e. The molecule has 20 heavy (non-hydrogen) atoms. The van der Waals surface area contributed by atoms with Crippen molar-refractivity contribution in [3.05, 3.63) is 57.8 Å². The van der Waals surface area contributed by atoms with Crippen molar-refractivity contribution in [2.45, 2.75) is 20.1 Å². The molecule has 1 N–H and O–H groups in total. The average Bonchev–Trinajstić information content (AvgIpc) is 2.45. The maximum absolute atomic E-state index is 6.06. The minimum atomic E-state index is 0.405. The second kappa shape index (κ2) is 7.48. The number of hydrogen-bond donors (Lipinski definition) is 1. The molecule has 0 aliphatic carbocycles. The van der Waals surface area contributed by atoms with Gasteiger partial charge >= 0.3 is 0 Å². The quantitative estimate of drug-likeness (QED) is 0.873. The number of nitrogens with one attached hydrogen (secondary N) is 1. The monoisotopic (exact) mass is 310 g/mol. The van der Waals surface area contributed by atoms with Gasteiger partial charge in [-0.05, 0) is 30.8 Å². The van der Waals surface area contributed by atoms with Crippen molar-refractivity contribution in [2.24, 2.45) is 0 Å². The summed E-state index contributed by atoms with van der Waals surface area (Å²) >= 11 is 12.1. The molecule has 0 amide bonds. The molecule has 1 aromatic carbocycles. The van der Waals surface area contributed by atoms with Gasteiger partial charge in [0.1, 0.15) is 12.4 Å². The lowest BCUT2D eigenvalue weighted by Crippen LogP contribution is -2.13. The highest BCUT2D eigenvalue weighted by Crippen LogP contribution is 2.24. The van der Waals surface area contributed by atoms with E-state index >= 15 is 0 Å². The first kappa shape index (κ1) is 15.1. The maximum atomic E-state index is 6.06. The third kappa shape index (κ3) is 4.10. The highest BCUT2D eigenvalue weighted by molar-refractivity contribution is 6.31. The normalized spacial score (nSPS) is 10.6. The van der Waals surface area contributed by atoms with Crippen LogP contribution >= 0.6 is 23.2 Å². The topological polar surface area (TPSA) is 34.1 Å². The molecule has 0 unspecified atom stereocenters. The Balaban J connectivity index is 2.10. The summed E-state index contributed by atoms with van der Waals surface area (Å²) in [6.45, 7) is 4.07. The second-order valence-corrected chi connectivity index (χ2v) is 5.13. The molecule has 1 heterocycles. The van der Waals surface area contributed by atoms with Crippen molar-refractivity contribution in [1.29, 1.82) is 0 Å². The van der Waals surface area contributed by atoms with E-state index in [2.05, 4.69) is 17.2 Å². The summed E-state index contributed by atoms with van der Waals surface area (Å²) in [5, 5.41) is 4.57. The van der Waals surface area contributed by atoms with Gasteiger partial charge in [-0.25, -0.2) is 0 Å². The van der Waals surface area contributed by atoms with Crippen LogP contribution in [0.1, 0.15) is 18.1 Å². The van der Waals surface area contributed by atoms with Gasteiger partial charge in [0.05, 0.1) is 5.02 Å². The van der Waals surface area contributed by atoms with Crippen LogP contribution in [-0.4, -0.2) is 11.5 Å². The van der Waals surface area contributed by atoms with Crippen LogP contribution in [0.5, 0.6) is 5.75 Å². The highest BCUT2D eigenvalue weighted by atomic mass is 35.5. The molecule has 0 aliphatic heterocycles. The van der Waals surface area contributed by atoms with E-state index in [0.717, 1.165) is 30.0 Å². The first-order chi connectivity index (χ1) is 9.70. The van der Waals surface area contributed by atoms with Gasteiger partial charge < -0.3 is 10.1 Å². The van der Waals surface area contributed by atoms with Gasteiger partial charge in [-0.2, -0.15) is 0 Å². The van der Waals surface area contributed by atoms with Crippen LogP contribution in [0.15, 0.2) is 36.7 Å². The third-order valence-corrected chi connectivity index (χ3v) is 3.40. The van der Waals surface area contributed by atoms with E-state index in [1.165, 1.54) is 0 Å². The lowest BCUT2D eigenvalue weighted by atomic mass is 10.2. The van der Waals surface area contributed by atoms with E-state index in [1.54, 1.807) is 12.4 Å². The van der Waals surface area contributed by atoms with Crippen LogP contribution in [0, 0.1) is 0 Å². The predicted octanol–water partition coefficient (Wildman–Crippen LogP) is 4.08. The van der Waals surface area contributed by atoms with Gasteiger partial charge in [0, 0.05) is 35.1 Å². The molecule has 2 aromatic rings. The predicted molar refractivity (Wildman–Crippen MR) is 82.4 cm³/mol. The standard InChI is InChI=1S/C15H16Cl2N2O/c1-2-18-8-12-7-13(16)3-4-15(12)20-10-11-5-6-19-9-14(11)17/h3-7,9,18H,2,8,10H2,1H3. The van der Waals surface area contributed by atoms with Crippen molar-refractivity contribution in [2.75, 3.05) is 6.54 Å². The van der Waals surface area contributed by atoms with Gasteiger partial charge in [-0.15, -0.1) is 0 Å². The zero-order valence-corrected chi connectivity index (χ0v) is 12.7. The number of rotatable bonds is 6. The summed E-state index contributed by atoms with van der Waals surface area (Å²) in [5.74, 6) is 0.809. The van der Waals surface area contributed by atoms with Crippen LogP contribution in [0.2, 0.25) is 10.0 Å². The fourth-order valence-corrected chi connectivity index (χ4v) is 2.13. The molecule has 1 aromatic heterocycles. The first-order valence-electron chi connectivity index (χ1n) is 6.41. The molecule has 0 bridgehead atoms. The van der Waals surface area contributed by atoms with Crippen molar-refractivity contribution < 1.29 is 4.74 Å². The second-order valence-electron chi connectivity index (χ2n) is 4.29. The molecule has 0 atom stereocenters. The van der Waals surface area contributed by atoms with Crippen molar-refractivity contribution in [3.63, 3.8) is 0 Å². The largest absolute Gasteiger partial charge is 0.489 e. The number of nitrogens with zero attached hydrogens (tertiary/aromatic N) is 1. The van der Waals surface area contributed by atoms with Crippen LogP contribution in [-0.2, 0) is 13.2 Å². The average molecular weight is 311 g/mol. The van der Waals surface area contributed by atoms with Crippen LogP contribution < -0.4 is 10.1 Å². The first-order valence-corrected chi connectivity index (χ1v) is 7.16. The molecule has 0 aliphatic rings. The molecule has 0 fully saturated rings. The Hall–Kier alpha value is -1.29. The van der Waals surface area contributed by atoms with Gasteiger partial charge in [0.2, 0.25) is 0 Å². The SMILES string of the molecule is CCNCc1cc(Cl)ccc1OCc1ccncc1Cl. The fourth-order valence-electron chi connectivity index (χ4n) is 1.76. The minimum absolute atomic E-state index is 0.405. The molecule has 0 radical (unpaired) electrons. The Morgan fingerprint density at radius 2 is 2.05 bits per heavy atom. The summed E-state index contributed by atoms with van der Waals surface area (Å²) in [7, 11) is 0. The van der Waals surface area contributed by atoms with E-state index in [1.807, 2.05) is 24.3 Å². The lowest BCUT2D eigenvalue weighted by molar-refractivity contribution is 0.302. The molecule has 5 heteroatoms. The van der Waals surface area contributed by atoms with Gasteiger partial charge in [-0.3, -0.25) is 4.98 Å². The Kier molecular flexibility index (Phi) is 5.65. The zero-order chi connectivity index (χ0) is 14.4. The fraction of sp³-hybridized carbons (Fsp3) is 0.267. The highest BCUT2D eigenvalue weighted by Gasteiger charge is 2.06. The van der Waals surface area contributed by atoms with Gasteiger partial charge in [-0.1, -0.05) is 30.1 Å². The van der Waals surface area contributed by atoms with E-state index in [0.29, 0.717) is 16.7 Å². The third-order valence-electron chi connectivity index (χ3n) is 2.83. The summed E-state index contributed by atoms with van der Waals surface area (Å²) in [6.07, 6.45) is 3.31. The van der Waals surface area contributed by atoms with E-state index in [-0.39, 0.29) is 0 Å². The Bertz CT molecular complexity index is 576. The molecule has 0 saturated carbocycles. The summed E-state index contributed by atoms with van der Waals surface area (Å²) in [6, 6.07) is 7.46. The number of benzene rings is 1.